The number of carbonyl (C=O) groups is 2. The highest BCUT2D eigenvalue weighted by Crippen LogP contribution is 2.35. The van der Waals surface area contributed by atoms with E-state index in [0.717, 1.165) is 15.5 Å². The summed E-state index contributed by atoms with van der Waals surface area (Å²) in [6, 6.07) is 18.2. The van der Waals surface area contributed by atoms with Crippen molar-refractivity contribution >= 4 is 39.8 Å². The highest BCUT2D eigenvalue weighted by molar-refractivity contribution is 8.38. The largest absolute Gasteiger partial charge is 0.327 e. The maximum Gasteiger partial charge on any atom is 0.327 e. The average molecular weight is 442 g/mol. The van der Waals surface area contributed by atoms with Gasteiger partial charge in [0.25, 0.3) is 5.91 Å². The van der Waals surface area contributed by atoms with Crippen molar-refractivity contribution in [1.82, 2.24) is 9.80 Å². The summed E-state index contributed by atoms with van der Waals surface area (Å²) >= 11 is 3.03. The molecule has 5 nitrogen and oxygen atoms in total. The first-order valence-corrected chi connectivity index (χ1v) is 12.3. The molecule has 7 heteroatoms. The van der Waals surface area contributed by atoms with Crippen LogP contribution in [0.3, 0.4) is 0 Å². The molecule has 0 spiro atoms. The van der Waals surface area contributed by atoms with Gasteiger partial charge in [0.1, 0.15) is 10.4 Å². The third-order valence-corrected chi connectivity index (χ3v) is 7.31. The van der Waals surface area contributed by atoms with E-state index in [0.29, 0.717) is 6.42 Å². The van der Waals surface area contributed by atoms with Crippen LogP contribution in [0.25, 0.3) is 0 Å². The van der Waals surface area contributed by atoms with Gasteiger partial charge in [-0.15, -0.1) is 23.5 Å². The van der Waals surface area contributed by atoms with Crippen molar-refractivity contribution < 1.29 is 9.59 Å². The monoisotopic (exact) mass is 441 g/mol. The molecule has 0 N–H and O–H groups in total. The topological polar surface area (TPSA) is 53.0 Å². The van der Waals surface area contributed by atoms with E-state index in [4.69, 9.17) is 4.99 Å². The van der Waals surface area contributed by atoms with Gasteiger partial charge in [-0.3, -0.25) is 14.7 Å². The molecular formula is C23H27N3O2S2. The van der Waals surface area contributed by atoms with Crippen molar-refractivity contribution in [2.24, 2.45) is 4.99 Å². The first kappa shape index (κ1) is 22.4. The van der Waals surface area contributed by atoms with Crippen LogP contribution in [-0.4, -0.2) is 57.8 Å². The van der Waals surface area contributed by atoms with Gasteiger partial charge in [-0.25, -0.2) is 4.79 Å². The number of rotatable bonds is 5. The van der Waals surface area contributed by atoms with E-state index in [1.54, 1.807) is 11.9 Å². The van der Waals surface area contributed by atoms with Crippen molar-refractivity contribution in [3.63, 3.8) is 0 Å². The van der Waals surface area contributed by atoms with Crippen LogP contribution in [0.4, 0.5) is 4.79 Å². The van der Waals surface area contributed by atoms with Crippen LogP contribution in [-0.2, 0) is 11.2 Å². The van der Waals surface area contributed by atoms with Crippen LogP contribution in [0.15, 0.2) is 65.7 Å². The Kier molecular flexibility index (Phi) is 7.61. The van der Waals surface area contributed by atoms with Gasteiger partial charge in [0.05, 0.1) is 12.1 Å². The molecule has 1 fully saturated rings. The molecule has 0 bridgehead atoms. The van der Waals surface area contributed by atoms with Gasteiger partial charge in [-0.05, 0) is 30.6 Å². The molecule has 1 heterocycles. The van der Waals surface area contributed by atoms with Gasteiger partial charge in [0.2, 0.25) is 0 Å². The minimum atomic E-state index is -0.656. The highest BCUT2D eigenvalue weighted by atomic mass is 32.2. The van der Waals surface area contributed by atoms with E-state index in [-0.39, 0.29) is 24.0 Å². The lowest BCUT2D eigenvalue weighted by atomic mass is 9.99. The molecule has 2 aromatic rings. The smallest absolute Gasteiger partial charge is 0.322 e. The van der Waals surface area contributed by atoms with Crippen molar-refractivity contribution in [3.05, 3.63) is 71.8 Å². The quantitative estimate of drug-likeness (QED) is 0.498. The second-order valence-corrected chi connectivity index (χ2v) is 9.05. The Labute approximate surface area is 186 Å². The molecule has 3 atom stereocenters. The molecule has 0 aliphatic carbocycles. The number of imide groups is 1. The summed E-state index contributed by atoms with van der Waals surface area (Å²) in [6.45, 7) is 1.98. The maximum absolute atomic E-state index is 13.8. The fourth-order valence-corrected chi connectivity index (χ4v) is 4.83. The number of thioether (sulfide) groups is 2. The maximum atomic E-state index is 13.8. The number of nitrogens with zero attached hydrogens (tertiary/aromatic N) is 3. The number of carbonyl (C=O) groups excluding carboxylic acids is 2. The Morgan fingerprint density at radius 1 is 1.03 bits per heavy atom. The van der Waals surface area contributed by atoms with Gasteiger partial charge in [-0.1, -0.05) is 60.7 Å². The Hall–Kier alpha value is -2.25. The lowest BCUT2D eigenvalue weighted by Crippen LogP contribution is -2.43. The first-order valence-electron chi connectivity index (χ1n) is 9.82. The fourth-order valence-electron chi connectivity index (χ4n) is 3.70. The van der Waals surface area contributed by atoms with E-state index in [1.165, 1.54) is 28.4 Å². The summed E-state index contributed by atoms with van der Waals surface area (Å²) in [5.41, 5.74) is 1.97. The zero-order chi connectivity index (χ0) is 21.7. The van der Waals surface area contributed by atoms with Crippen molar-refractivity contribution in [3.8, 4) is 0 Å². The molecule has 1 saturated heterocycles. The summed E-state index contributed by atoms with van der Waals surface area (Å²) in [4.78, 5) is 34.7. The van der Waals surface area contributed by atoms with Crippen molar-refractivity contribution in [2.75, 3.05) is 19.6 Å². The standard InChI is InChI=1S/C23H27N3O2S2/c1-16-20(18-13-9-6-10-14-18)26(23(28)25(16)2)21(27)19(24-22(29-3)30-4)15-17-11-7-5-8-12-17/h5-14,16,19-20H,15H2,1-4H3/t16-,19-,20-/m0/s1. The molecule has 2 aromatic carbocycles. The Balaban J connectivity index is 2.00. The second kappa shape index (κ2) is 10.2. The fraction of sp³-hybridized carbons (Fsp3) is 0.348. The van der Waals surface area contributed by atoms with Crippen molar-refractivity contribution in [2.45, 2.75) is 31.5 Å². The molecule has 0 unspecified atom stereocenters. The zero-order valence-corrected chi connectivity index (χ0v) is 19.3. The second-order valence-electron chi connectivity index (χ2n) is 7.21. The number of aliphatic imine (C=N–C) groups is 1. The van der Waals surface area contributed by atoms with Crippen molar-refractivity contribution in [1.29, 1.82) is 0 Å². The number of urea groups is 1. The molecular weight excluding hydrogens is 414 g/mol. The Bertz CT molecular complexity index is 899. The summed E-state index contributed by atoms with van der Waals surface area (Å²) in [6.07, 6.45) is 4.35. The van der Waals surface area contributed by atoms with E-state index in [1.807, 2.05) is 80.1 Å². The predicted octanol–water partition coefficient (Wildman–Crippen LogP) is 4.70. The molecule has 3 amide bonds. The van der Waals surface area contributed by atoms with E-state index in [9.17, 15) is 9.59 Å². The molecule has 30 heavy (non-hydrogen) atoms. The van der Waals surface area contributed by atoms with Crippen LogP contribution in [0.1, 0.15) is 24.1 Å². The van der Waals surface area contributed by atoms with E-state index < -0.39 is 6.04 Å². The molecule has 1 aliphatic rings. The van der Waals surface area contributed by atoms with Gasteiger partial charge in [0, 0.05) is 13.5 Å². The van der Waals surface area contributed by atoms with Crippen LogP contribution in [0.2, 0.25) is 0 Å². The number of hydrogen-bond donors (Lipinski definition) is 0. The minimum Gasteiger partial charge on any atom is -0.322 e. The summed E-state index contributed by atoms with van der Waals surface area (Å²) in [5.74, 6) is -0.255. The van der Waals surface area contributed by atoms with E-state index in [2.05, 4.69) is 0 Å². The van der Waals surface area contributed by atoms with Crippen LogP contribution < -0.4 is 0 Å². The van der Waals surface area contributed by atoms with Crippen LogP contribution in [0, 0.1) is 0 Å². The van der Waals surface area contributed by atoms with Crippen LogP contribution in [0.5, 0.6) is 0 Å². The molecule has 158 valence electrons. The molecule has 0 saturated carbocycles. The van der Waals surface area contributed by atoms with E-state index >= 15 is 0 Å². The molecule has 0 radical (unpaired) electrons. The average Bonchev–Trinajstić information content (AvgIpc) is 3.01. The van der Waals surface area contributed by atoms with Crippen LogP contribution >= 0.6 is 23.5 Å². The normalized spacial score (nSPS) is 19.7. The molecule has 1 aliphatic heterocycles. The minimum absolute atomic E-state index is 0.120. The van der Waals surface area contributed by atoms with Gasteiger partial charge < -0.3 is 4.90 Å². The lowest BCUT2D eigenvalue weighted by Gasteiger charge is -2.26. The number of amides is 3. The first-order chi connectivity index (χ1) is 14.5. The summed E-state index contributed by atoms with van der Waals surface area (Å²) < 4.78 is 0.827. The Morgan fingerprint density at radius 3 is 2.17 bits per heavy atom. The van der Waals surface area contributed by atoms with Gasteiger partial charge in [-0.2, -0.15) is 0 Å². The number of likely N-dealkylation sites (N-methyl/N-ethyl adjacent to an activating group) is 1. The third kappa shape index (κ3) is 4.73. The zero-order valence-electron chi connectivity index (χ0n) is 17.7. The third-order valence-electron chi connectivity index (χ3n) is 5.40. The molecule has 0 aromatic heterocycles. The summed E-state index contributed by atoms with van der Waals surface area (Å²) in [5, 5.41) is 0. The molecule has 3 rings (SSSR count). The van der Waals surface area contributed by atoms with Gasteiger partial charge >= 0.3 is 6.03 Å². The summed E-state index contributed by atoms with van der Waals surface area (Å²) in [7, 11) is 1.75. The number of benzene rings is 2. The lowest BCUT2D eigenvalue weighted by molar-refractivity contribution is -0.130. The SMILES string of the molecule is CSC(=N[C@@H](Cc1ccccc1)C(=O)N1C(=O)N(C)[C@@H](C)[C@H]1c1ccccc1)SC. The predicted molar refractivity (Wildman–Crippen MR) is 127 cm³/mol. The number of hydrogen-bond acceptors (Lipinski definition) is 5. The Morgan fingerprint density at radius 2 is 1.60 bits per heavy atom. The highest BCUT2D eigenvalue weighted by Gasteiger charge is 2.47. The van der Waals surface area contributed by atoms with Gasteiger partial charge in [0.15, 0.2) is 0 Å².